The fourth-order valence-electron chi connectivity index (χ4n) is 3.16. The van der Waals surface area contributed by atoms with Gasteiger partial charge in [0.2, 0.25) is 11.8 Å². The molecule has 0 spiro atoms. The number of rotatable bonds is 9. The second-order valence-electron chi connectivity index (χ2n) is 7.42. The molecule has 1 atom stereocenters. The molecule has 0 aliphatic carbocycles. The van der Waals surface area contributed by atoms with Gasteiger partial charge in [0.05, 0.1) is 25.3 Å². The average molecular weight is 454 g/mol. The van der Waals surface area contributed by atoms with Crippen LogP contribution in [0.4, 0.5) is 5.69 Å². The Morgan fingerprint density at radius 1 is 1.12 bits per heavy atom. The smallest absolute Gasteiger partial charge is 0.234 e. The average Bonchev–Trinajstić information content (AvgIpc) is 3.13. The molecule has 168 valence electrons. The molecule has 1 aromatic heterocycles. The van der Waals surface area contributed by atoms with Crippen LogP contribution in [0.5, 0.6) is 5.75 Å². The molecule has 0 saturated heterocycles. The number of nitrogens with one attached hydrogen (secondary N) is 2. The van der Waals surface area contributed by atoms with Crippen molar-refractivity contribution >= 4 is 29.3 Å². The molecule has 0 aliphatic heterocycles. The number of benzene rings is 2. The highest BCUT2D eigenvalue weighted by Crippen LogP contribution is 2.20. The number of carbonyl (C=O) groups excluding carboxylic acids is 2. The Balaban J connectivity index is 1.52. The van der Waals surface area contributed by atoms with Gasteiger partial charge in [0.15, 0.2) is 11.0 Å². The van der Waals surface area contributed by atoms with Gasteiger partial charge in [-0.05, 0) is 49.2 Å². The van der Waals surface area contributed by atoms with Gasteiger partial charge in [0, 0.05) is 12.7 Å². The van der Waals surface area contributed by atoms with Gasteiger partial charge in [-0.25, -0.2) is 0 Å². The fourth-order valence-corrected chi connectivity index (χ4v) is 3.88. The third-order valence-corrected chi connectivity index (χ3v) is 5.81. The number of carbonyl (C=O) groups is 2. The Morgan fingerprint density at radius 3 is 2.56 bits per heavy atom. The van der Waals surface area contributed by atoms with Crippen LogP contribution in [0.15, 0.2) is 53.7 Å². The summed E-state index contributed by atoms with van der Waals surface area (Å²) in [5.41, 5.74) is 2.74. The molecule has 2 amide bonds. The van der Waals surface area contributed by atoms with Crippen LogP contribution in [-0.4, -0.2) is 39.4 Å². The van der Waals surface area contributed by atoms with Crippen molar-refractivity contribution in [2.45, 2.75) is 31.5 Å². The molecule has 0 radical (unpaired) electrons. The Kier molecular flexibility index (Phi) is 7.88. The van der Waals surface area contributed by atoms with Crippen molar-refractivity contribution < 1.29 is 14.3 Å². The van der Waals surface area contributed by atoms with E-state index in [2.05, 4.69) is 20.8 Å². The quantitative estimate of drug-likeness (QED) is 0.483. The molecular formula is C23H27N5O3S. The third-order valence-electron chi connectivity index (χ3n) is 4.79. The molecular weight excluding hydrogens is 426 g/mol. The van der Waals surface area contributed by atoms with Crippen LogP contribution in [-0.2, 0) is 23.1 Å². The van der Waals surface area contributed by atoms with E-state index in [9.17, 15) is 9.59 Å². The molecule has 2 N–H and O–H groups in total. The van der Waals surface area contributed by atoms with E-state index >= 15 is 0 Å². The van der Waals surface area contributed by atoms with Crippen molar-refractivity contribution in [3.63, 3.8) is 0 Å². The number of anilines is 1. The van der Waals surface area contributed by atoms with Crippen molar-refractivity contribution in [1.82, 2.24) is 20.1 Å². The summed E-state index contributed by atoms with van der Waals surface area (Å²) in [4.78, 5) is 24.7. The minimum atomic E-state index is -0.325. The number of thioether (sulfide) groups is 1. The lowest BCUT2D eigenvalue weighted by Crippen LogP contribution is -2.29. The number of amides is 2. The highest BCUT2D eigenvalue weighted by atomic mass is 32.2. The van der Waals surface area contributed by atoms with E-state index in [1.807, 2.05) is 69.4 Å². The minimum absolute atomic E-state index is 0.114. The van der Waals surface area contributed by atoms with Crippen LogP contribution in [0.1, 0.15) is 29.9 Å². The second kappa shape index (κ2) is 10.8. The lowest BCUT2D eigenvalue weighted by atomic mass is 10.1. The van der Waals surface area contributed by atoms with Gasteiger partial charge in [-0.1, -0.05) is 36.0 Å². The first kappa shape index (κ1) is 23.3. The van der Waals surface area contributed by atoms with E-state index in [4.69, 9.17) is 4.74 Å². The van der Waals surface area contributed by atoms with E-state index in [0.717, 1.165) is 22.6 Å². The lowest BCUT2D eigenvalue weighted by Gasteiger charge is -2.14. The Bertz CT molecular complexity index is 1080. The normalized spacial score (nSPS) is 11.6. The zero-order valence-electron chi connectivity index (χ0n) is 18.6. The van der Waals surface area contributed by atoms with Crippen LogP contribution in [0.3, 0.4) is 0 Å². The molecule has 0 unspecified atom stereocenters. The summed E-state index contributed by atoms with van der Waals surface area (Å²) in [5, 5.41) is 14.8. The summed E-state index contributed by atoms with van der Waals surface area (Å²) in [6.45, 7) is 3.83. The third kappa shape index (κ3) is 6.34. The van der Waals surface area contributed by atoms with Crippen molar-refractivity contribution in [3.8, 4) is 5.75 Å². The molecule has 3 aromatic rings. The van der Waals surface area contributed by atoms with E-state index in [-0.39, 0.29) is 30.0 Å². The van der Waals surface area contributed by atoms with Gasteiger partial charge in [0.25, 0.3) is 0 Å². The van der Waals surface area contributed by atoms with Crippen LogP contribution in [0.2, 0.25) is 0 Å². The maximum atomic E-state index is 12.4. The highest BCUT2D eigenvalue weighted by Gasteiger charge is 2.18. The summed E-state index contributed by atoms with van der Waals surface area (Å²) in [5.74, 6) is 1.34. The number of aryl methyl sites for hydroxylation is 1. The number of hydrogen-bond acceptors (Lipinski definition) is 6. The standard InChI is InChI=1S/C23H27N5O3S/c1-15-6-5-7-18(12-15)25-21(30)14-32-23-27-26-22(28(23)3)16(2)24-20(29)13-17-8-10-19(31-4)11-9-17/h5-12,16H,13-14H2,1-4H3,(H,24,29)(H,25,30)/t16-/m1/s1. The predicted octanol–water partition coefficient (Wildman–Crippen LogP) is 3.28. The molecule has 1 heterocycles. The van der Waals surface area contributed by atoms with Gasteiger partial charge < -0.3 is 19.9 Å². The minimum Gasteiger partial charge on any atom is -0.497 e. The Hall–Kier alpha value is -3.33. The Morgan fingerprint density at radius 2 is 1.88 bits per heavy atom. The molecule has 0 aliphatic rings. The van der Waals surface area contributed by atoms with Crippen molar-refractivity contribution in [2.24, 2.45) is 7.05 Å². The summed E-state index contributed by atoms with van der Waals surface area (Å²) in [6.07, 6.45) is 0.257. The monoisotopic (exact) mass is 453 g/mol. The summed E-state index contributed by atoms with van der Waals surface area (Å²) in [6, 6.07) is 14.7. The van der Waals surface area contributed by atoms with Crippen LogP contribution in [0, 0.1) is 6.92 Å². The van der Waals surface area contributed by atoms with Crippen LogP contribution >= 0.6 is 11.8 Å². The van der Waals surface area contributed by atoms with E-state index < -0.39 is 0 Å². The number of methoxy groups -OCH3 is 1. The zero-order valence-corrected chi connectivity index (χ0v) is 19.4. The van der Waals surface area contributed by atoms with Crippen molar-refractivity contribution in [2.75, 3.05) is 18.2 Å². The van der Waals surface area contributed by atoms with Crippen molar-refractivity contribution in [3.05, 3.63) is 65.5 Å². The summed E-state index contributed by atoms with van der Waals surface area (Å²) < 4.78 is 6.93. The van der Waals surface area contributed by atoms with E-state index in [1.54, 1.807) is 11.7 Å². The summed E-state index contributed by atoms with van der Waals surface area (Å²) in [7, 11) is 3.43. The predicted molar refractivity (Wildman–Crippen MR) is 125 cm³/mol. The molecule has 2 aromatic carbocycles. The van der Waals surface area contributed by atoms with Crippen LogP contribution < -0.4 is 15.4 Å². The highest BCUT2D eigenvalue weighted by molar-refractivity contribution is 7.99. The zero-order chi connectivity index (χ0) is 23.1. The van der Waals surface area contributed by atoms with Gasteiger partial charge in [-0.3, -0.25) is 9.59 Å². The molecule has 8 nitrogen and oxygen atoms in total. The van der Waals surface area contributed by atoms with E-state index in [1.165, 1.54) is 11.8 Å². The molecule has 3 rings (SSSR count). The molecule has 0 saturated carbocycles. The second-order valence-corrected chi connectivity index (χ2v) is 8.36. The number of hydrogen-bond donors (Lipinski definition) is 2. The first-order valence-corrected chi connectivity index (χ1v) is 11.1. The van der Waals surface area contributed by atoms with Gasteiger partial charge in [-0.15, -0.1) is 10.2 Å². The number of nitrogens with zero attached hydrogens (tertiary/aromatic N) is 3. The Labute approximate surface area is 191 Å². The van der Waals surface area contributed by atoms with Gasteiger partial charge in [0.1, 0.15) is 5.75 Å². The lowest BCUT2D eigenvalue weighted by molar-refractivity contribution is -0.121. The number of aromatic nitrogens is 3. The van der Waals surface area contributed by atoms with Crippen molar-refractivity contribution in [1.29, 1.82) is 0 Å². The summed E-state index contributed by atoms with van der Waals surface area (Å²) >= 11 is 1.29. The van der Waals surface area contributed by atoms with Gasteiger partial charge >= 0.3 is 0 Å². The number of ether oxygens (including phenoxy) is 1. The maximum Gasteiger partial charge on any atom is 0.234 e. The molecule has 0 fully saturated rings. The van der Waals surface area contributed by atoms with Gasteiger partial charge in [-0.2, -0.15) is 0 Å². The van der Waals surface area contributed by atoms with E-state index in [0.29, 0.717) is 11.0 Å². The molecule has 0 bridgehead atoms. The maximum absolute atomic E-state index is 12.4. The van der Waals surface area contributed by atoms with Crippen LogP contribution in [0.25, 0.3) is 0 Å². The molecule has 9 heteroatoms. The SMILES string of the molecule is COc1ccc(CC(=O)N[C@H](C)c2nnc(SCC(=O)Nc3cccc(C)c3)n2C)cc1. The fraction of sp³-hybridized carbons (Fsp3) is 0.304. The first-order chi connectivity index (χ1) is 15.4. The molecule has 32 heavy (non-hydrogen) atoms. The largest absolute Gasteiger partial charge is 0.497 e. The topological polar surface area (TPSA) is 98.1 Å². The first-order valence-electron chi connectivity index (χ1n) is 10.2.